The first-order chi connectivity index (χ1) is 18.2. The first kappa shape index (κ1) is 29.0. The van der Waals surface area contributed by atoms with Crippen LogP contribution in [-0.2, 0) is 14.4 Å². The fraction of sp³-hybridized carbons (Fsp3) is 0.400. The standard InChI is InChI=1S/C20H23N9O6S3.ClH/c1-9-2-12(29-11(22-9)3-27(8-30)26-29)37-6-20(18(33)34)5-28-16(32)14(17(28)38-7-20)24-15(31)13(25-35)10-4-36-19(21)23-10;/h2-4,14,17,26,30,35H,5-8H2,1H3,(H2,21,23)(H,24,31)(H,33,34);1H/t14?,17-,20?;/m1./s1. The third-order valence-electron chi connectivity index (χ3n) is 6.19. The molecule has 2 fully saturated rings. The zero-order chi connectivity index (χ0) is 27.2. The Balaban J connectivity index is 0.00000353. The number of nitrogens with one attached hydrogen (secondary N) is 2. The number of nitrogens with two attached hydrogens (primary N) is 1. The number of carboxylic acids is 1. The number of fused-ring (bicyclic) bond motifs is 2. The summed E-state index contributed by atoms with van der Waals surface area (Å²) in [6.07, 6.45) is 3.44. The van der Waals surface area contributed by atoms with E-state index in [0.29, 0.717) is 10.9 Å². The number of carboxylic acid groups (broad SMARTS) is 1. The van der Waals surface area contributed by atoms with Crippen LogP contribution in [0.2, 0.25) is 0 Å². The highest BCUT2D eigenvalue weighted by molar-refractivity contribution is 8.03. The topological polar surface area (TPSA) is 209 Å². The van der Waals surface area contributed by atoms with Crippen LogP contribution in [0.5, 0.6) is 0 Å². The molecule has 2 saturated heterocycles. The van der Waals surface area contributed by atoms with Gasteiger partial charge in [0.05, 0.1) is 11.2 Å². The second-order valence-electron chi connectivity index (χ2n) is 8.78. The molecule has 7 N–H and O–H groups in total. The Labute approximate surface area is 240 Å². The largest absolute Gasteiger partial charge is 0.481 e. The molecule has 3 atom stereocenters. The van der Waals surface area contributed by atoms with Crippen LogP contribution in [-0.4, -0.2) is 101 Å². The molecule has 4 aliphatic rings. The van der Waals surface area contributed by atoms with Gasteiger partial charge in [0.15, 0.2) is 16.7 Å². The number of thioether (sulfide) groups is 2. The first-order valence-corrected chi connectivity index (χ1v) is 14.0. The summed E-state index contributed by atoms with van der Waals surface area (Å²) in [4.78, 5) is 47.8. The summed E-state index contributed by atoms with van der Waals surface area (Å²) in [6.45, 7) is 1.51. The van der Waals surface area contributed by atoms with Gasteiger partial charge in [-0.3, -0.25) is 19.4 Å². The number of allylic oxidation sites excluding steroid dienone is 1. The number of aliphatic hydroxyl groups excluding tert-OH is 1. The van der Waals surface area contributed by atoms with E-state index in [0.717, 1.165) is 17.0 Å². The monoisotopic (exact) mass is 617 g/mol. The number of carbonyl (C=O) groups is 3. The van der Waals surface area contributed by atoms with Crippen molar-refractivity contribution >= 4 is 81.6 Å². The molecule has 0 radical (unpaired) electrons. The van der Waals surface area contributed by atoms with Crippen molar-refractivity contribution in [1.29, 1.82) is 0 Å². The molecule has 4 aliphatic heterocycles. The van der Waals surface area contributed by atoms with E-state index in [1.165, 1.54) is 38.8 Å². The van der Waals surface area contributed by atoms with Gasteiger partial charge in [-0.1, -0.05) is 5.16 Å². The summed E-state index contributed by atoms with van der Waals surface area (Å²) in [7, 11) is 0. The zero-order valence-corrected chi connectivity index (χ0v) is 23.4. The number of hydrogen-bond donors (Lipinski definition) is 6. The molecule has 0 saturated carbocycles. The number of oxime groups is 1. The molecule has 0 aliphatic carbocycles. The van der Waals surface area contributed by atoms with Gasteiger partial charge >= 0.3 is 5.97 Å². The maximum atomic E-state index is 12.9. The fourth-order valence-electron chi connectivity index (χ4n) is 4.22. The van der Waals surface area contributed by atoms with Gasteiger partial charge in [-0.05, 0) is 13.0 Å². The normalized spacial score (nSPS) is 26.0. The summed E-state index contributed by atoms with van der Waals surface area (Å²) < 4.78 is 0. The number of aromatic nitrogens is 1. The zero-order valence-electron chi connectivity index (χ0n) is 20.2. The number of nitrogen functional groups attached to an aromatic ring is 1. The van der Waals surface area contributed by atoms with E-state index in [4.69, 9.17) is 5.73 Å². The molecular formula is C20H24ClN9O6S3. The van der Waals surface area contributed by atoms with E-state index in [1.54, 1.807) is 17.3 Å². The lowest BCUT2D eigenvalue weighted by Gasteiger charge is -2.53. The van der Waals surface area contributed by atoms with E-state index in [1.807, 2.05) is 6.92 Å². The van der Waals surface area contributed by atoms with Crippen LogP contribution in [0.25, 0.3) is 0 Å². The number of rotatable bonds is 8. The summed E-state index contributed by atoms with van der Waals surface area (Å²) in [5.74, 6) is -1.31. The molecule has 5 rings (SSSR count). The highest BCUT2D eigenvalue weighted by atomic mass is 35.5. The Kier molecular flexibility index (Phi) is 8.33. The van der Waals surface area contributed by atoms with Gasteiger partial charge in [0.2, 0.25) is 5.91 Å². The van der Waals surface area contributed by atoms with Crippen molar-refractivity contribution in [3.05, 3.63) is 34.2 Å². The van der Waals surface area contributed by atoms with Gasteiger partial charge in [-0.15, -0.1) is 52.8 Å². The Morgan fingerprint density at radius 3 is 2.85 bits per heavy atom. The maximum Gasteiger partial charge on any atom is 0.313 e. The number of thiazole rings is 1. The van der Waals surface area contributed by atoms with Crippen LogP contribution in [0, 0.1) is 5.41 Å². The third kappa shape index (κ3) is 5.27. The molecule has 0 aromatic carbocycles. The molecule has 2 unspecified atom stereocenters. The number of halogens is 1. The van der Waals surface area contributed by atoms with Crippen molar-refractivity contribution in [2.75, 3.05) is 30.5 Å². The smallest absolute Gasteiger partial charge is 0.313 e. The molecule has 1 aromatic rings. The van der Waals surface area contributed by atoms with Crippen LogP contribution in [0.4, 0.5) is 5.13 Å². The van der Waals surface area contributed by atoms with Crippen LogP contribution in [0.3, 0.4) is 0 Å². The summed E-state index contributed by atoms with van der Waals surface area (Å²) >= 11 is 3.64. The SMILES string of the molecule is CC1=NC2=CN(CO)NN2C(SCC2(C(=O)O)CS[C@@H]3C(NC(=O)C(=NO)c4csc(N)n4)C(=O)N3C2)=C1.Cl. The average Bonchev–Trinajstić information content (AvgIpc) is 3.51. The minimum absolute atomic E-state index is 0. The van der Waals surface area contributed by atoms with Crippen molar-refractivity contribution in [3.63, 3.8) is 0 Å². The molecule has 0 spiro atoms. The lowest BCUT2D eigenvalue weighted by molar-refractivity contribution is -0.157. The average molecular weight is 618 g/mol. The summed E-state index contributed by atoms with van der Waals surface area (Å²) in [5.41, 5.74) is 7.74. The number of aliphatic carboxylic acids is 1. The highest BCUT2D eigenvalue weighted by Crippen LogP contribution is 2.45. The Morgan fingerprint density at radius 1 is 1.44 bits per heavy atom. The molecule has 1 aromatic heterocycles. The molecule has 5 heterocycles. The fourth-order valence-corrected chi connectivity index (χ4v) is 7.70. The third-order valence-corrected chi connectivity index (χ3v) is 9.74. The quantitative estimate of drug-likeness (QED) is 0.0953. The van der Waals surface area contributed by atoms with Crippen molar-refractivity contribution < 1.29 is 29.8 Å². The maximum absolute atomic E-state index is 12.9. The number of nitrogens with zero attached hydrogens (tertiary/aromatic N) is 6. The van der Waals surface area contributed by atoms with Gasteiger partial charge in [0.1, 0.15) is 29.3 Å². The second kappa shape index (κ2) is 11.2. The summed E-state index contributed by atoms with van der Waals surface area (Å²) in [5, 5.41) is 39.4. The van der Waals surface area contributed by atoms with Crippen LogP contribution in [0.1, 0.15) is 12.6 Å². The molecule has 15 nitrogen and oxygen atoms in total. The number of anilines is 1. The minimum Gasteiger partial charge on any atom is -0.481 e. The van der Waals surface area contributed by atoms with E-state index >= 15 is 0 Å². The lowest BCUT2D eigenvalue weighted by Crippen LogP contribution is -2.74. The van der Waals surface area contributed by atoms with Gasteiger partial charge in [-0.25, -0.2) is 15.0 Å². The minimum atomic E-state index is -1.24. The predicted octanol–water partition coefficient (Wildman–Crippen LogP) is -0.369. The van der Waals surface area contributed by atoms with Gasteiger partial charge in [-0.2, -0.15) is 0 Å². The van der Waals surface area contributed by atoms with Gasteiger partial charge in [0.25, 0.3) is 5.91 Å². The van der Waals surface area contributed by atoms with E-state index in [9.17, 15) is 29.8 Å². The van der Waals surface area contributed by atoms with E-state index < -0.39 is 34.6 Å². The molecular weight excluding hydrogens is 594 g/mol. The van der Waals surface area contributed by atoms with Crippen molar-refractivity contribution in [2.24, 2.45) is 15.6 Å². The van der Waals surface area contributed by atoms with Crippen LogP contribution in [0.15, 0.2) is 38.7 Å². The number of aliphatic imine (C=N–C) groups is 1. The number of β-lactam (4-membered cyclic amide) rings is 1. The van der Waals surface area contributed by atoms with E-state index in [-0.39, 0.29) is 53.7 Å². The second-order valence-corrected chi connectivity index (χ2v) is 11.8. The predicted molar refractivity (Wildman–Crippen MR) is 148 cm³/mol. The molecule has 0 bridgehead atoms. The summed E-state index contributed by atoms with van der Waals surface area (Å²) in [6, 6.07) is -0.898. The number of hydrogen-bond acceptors (Lipinski definition) is 15. The van der Waals surface area contributed by atoms with Crippen molar-refractivity contribution in [2.45, 2.75) is 18.3 Å². The van der Waals surface area contributed by atoms with Crippen molar-refractivity contribution in [3.8, 4) is 0 Å². The highest BCUT2D eigenvalue weighted by Gasteiger charge is 2.57. The molecule has 2 amide bonds. The van der Waals surface area contributed by atoms with Crippen LogP contribution < -0.4 is 16.6 Å². The van der Waals surface area contributed by atoms with Gasteiger partial charge in [0, 0.05) is 29.1 Å². The van der Waals surface area contributed by atoms with Gasteiger partial charge < -0.3 is 31.4 Å². The Morgan fingerprint density at radius 2 is 2.21 bits per heavy atom. The number of hydrazine groups is 2. The number of carbonyl (C=O) groups excluding carboxylic acids is 2. The molecule has 210 valence electrons. The number of amides is 2. The Hall–Kier alpha value is -3.03. The molecule has 39 heavy (non-hydrogen) atoms. The van der Waals surface area contributed by atoms with Crippen molar-refractivity contribution in [1.82, 2.24) is 30.8 Å². The lowest BCUT2D eigenvalue weighted by atomic mass is 9.89. The Bertz CT molecular complexity index is 1320. The van der Waals surface area contributed by atoms with E-state index in [2.05, 4.69) is 26.0 Å². The molecule has 19 heteroatoms. The van der Waals surface area contributed by atoms with Crippen LogP contribution >= 0.6 is 47.3 Å². The number of aliphatic hydroxyl groups is 1. The first-order valence-electron chi connectivity index (χ1n) is 11.1.